The van der Waals surface area contributed by atoms with Gasteiger partial charge in [0.15, 0.2) is 16.6 Å². The van der Waals surface area contributed by atoms with Crippen molar-refractivity contribution in [2.24, 2.45) is 0 Å². The summed E-state index contributed by atoms with van der Waals surface area (Å²) in [4.78, 5) is 0. The molecule has 0 saturated carbocycles. The second kappa shape index (κ2) is 8.98. The van der Waals surface area contributed by atoms with Crippen molar-refractivity contribution in [2.75, 3.05) is 33.8 Å². The molecule has 0 aromatic heterocycles. The average Bonchev–Trinajstić information content (AvgIpc) is 2.65. The van der Waals surface area contributed by atoms with Gasteiger partial charge in [0.1, 0.15) is 11.5 Å². The quantitative estimate of drug-likeness (QED) is 0.734. The van der Waals surface area contributed by atoms with Gasteiger partial charge in [0.05, 0.1) is 28.4 Å². The smallest absolute Gasteiger partial charge is 0.171 e. The van der Waals surface area contributed by atoms with Gasteiger partial charge >= 0.3 is 0 Å². The van der Waals surface area contributed by atoms with Crippen molar-refractivity contribution in [1.29, 1.82) is 0 Å². The van der Waals surface area contributed by atoms with E-state index in [1.807, 2.05) is 30.3 Å². The minimum absolute atomic E-state index is 0.491. The Balaban J connectivity index is 1.99. The van der Waals surface area contributed by atoms with Crippen molar-refractivity contribution >= 4 is 23.0 Å². The van der Waals surface area contributed by atoms with Gasteiger partial charge in [-0.3, -0.25) is 0 Å². The molecule has 0 bridgehead atoms. The maximum absolute atomic E-state index is 5.34. The molecular weight excluding hydrogens is 340 g/mol. The van der Waals surface area contributed by atoms with Crippen molar-refractivity contribution in [3.63, 3.8) is 0 Å². The Bertz CT molecular complexity index is 715. The molecule has 0 atom stereocenters. The van der Waals surface area contributed by atoms with Crippen LogP contribution in [0.2, 0.25) is 0 Å². The Hall–Kier alpha value is -2.67. The summed E-state index contributed by atoms with van der Waals surface area (Å²) < 4.78 is 21.0. The van der Waals surface area contributed by atoms with E-state index < -0.39 is 0 Å². The number of hydrogen-bond donors (Lipinski definition) is 2. The Morgan fingerprint density at radius 2 is 1.48 bits per heavy atom. The predicted octanol–water partition coefficient (Wildman–Crippen LogP) is 3.21. The summed E-state index contributed by atoms with van der Waals surface area (Å²) in [6.45, 7) is 0.549. The lowest BCUT2D eigenvalue weighted by Crippen LogP contribution is -2.27. The number of anilines is 1. The van der Waals surface area contributed by atoms with E-state index in [1.165, 1.54) is 0 Å². The largest absolute Gasteiger partial charge is 0.497 e. The standard InChI is InChI=1S/C18H22N2O4S/c1-21-14-8-13(9-15(10-14)22-2)20-18(25)19-11-12-5-6-16(23-3)17(7-12)24-4/h5-10H,11H2,1-4H3,(H2,19,20,25). The normalized spacial score (nSPS) is 9.92. The SMILES string of the molecule is COc1cc(NC(=S)NCc2ccc(OC)c(OC)c2)cc(OC)c1. The van der Waals surface area contributed by atoms with Crippen LogP contribution in [0.4, 0.5) is 5.69 Å². The summed E-state index contributed by atoms with van der Waals surface area (Å²) in [6.07, 6.45) is 0. The molecule has 0 amide bonds. The minimum atomic E-state index is 0.491. The van der Waals surface area contributed by atoms with Gasteiger partial charge < -0.3 is 29.6 Å². The molecule has 0 spiro atoms. The van der Waals surface area contributed by atoms with E-state index in [4.69, 9.17) is 31.2 Å². The van der Waals surface area contributed by atoms with Crippen molar-refractivity contribution in [3.8, 4) is 23.0 Å². The van der Waals surface area contributed by atoms with E-state index in [-0.39, 0.29) is 0 Å². The number of ether oxygens (including phenoxy) is 4. The average molecular weight is 362 g/mol. The van der Waals surface area contributed by atoms with Crippen LogP contribution in [-0.4, -0.2) is 33.6 Å². The first kappa shape index (κ1) is 18.7. The lowest BCUT2D eigenvalue weighted by Gasteiger charge is -2.14. The van der Waals surface area contributed by atoms with Crippen LogP contribution in [0.25, 0.3) is 0 Å². The Kier molecular flexibility index (Phi) is 6.71. The van der Waals surface area contributed by atoms with Crippen molar-refractivity contribution in [3.05, 3.63) is 42.0 Å². The van der Waals surface area contributed by atoms with Gasteiger partial charge in [-0.05, 0) is 29.9 Å². The lowest BCUT2D eigenvalue weighted by atomic mass is 10.2. The highest BCUT2D eigenvalue weighted by Gasteiger charge is 2.06. The highest BCUT2D eigenvalue weighted by molar-refractivity contribution is 7.80. The van der Waals surface area contributed by atoms with Gasteiger partial charge in [-0.15, -0.1) is 0 Å². The van der Waals surface area contributed by atoms with Gasteiger partial charge in [0.2, 0.25) is 0 Å². The summed E-state index contributed by atoms with van der Waals surface area (Å²) in [7, 11) is 6.42. The third kappa shape index (κ3) is 5.15. The number of hydrogen-bond acceptors (Lipinski definition) is 5. The first-order valence-electron chi connectivity index (χ1n) is 7.58. The molecule has 0 aliphatic rings. The third-order valence-electron chi connectivity index (χ3n) is 3.51. The number of methoxy groups -OCH3 is 4. The van der Waals surface area contributed by atoms with E-state index >= 15 is 0 Å². The van der Waals surface area contributed by atoms with Crippen LogP contribution in [0.15, 0.2) is 36.4 Å². The summed E-state index contributed by atoms with van der Waals surface area (Å²) in [5, 5.41) is 6.76. The molecule has 0 aliphatic heterocycles. The lowest BCUT2D eigenvalue weighted by molar-refractivity contribution is 0.354. The van der Waals surface area contributed by atoms with Crippen LogP contribution >= 0.6 is 12.2 Å². The number of thiocarbonyl (C=S) groups is 1. The number of nitrogens with one attached hydrogen (secondary N) is 2. The third-order valence-corrected chi connectivity index (χ3v) is 3.76. The van der Waals surface area contributed by atoms with Crippen molar-refractivity contribution in [2.45, 2.75) is 6.54 Å². The first-order valence-corrected chi connectivity index (χ1v) is 7.99. The van der Waals surface area contributed by atoms with Crippen molar-refractivity contribution in [1.82, 2.24) is 5.32 Å². The van der Waals surface area contributed by atoms with E-state index in [0.717, 1.165) is 11.3 Å². The van der Waals surface area contributed by atoms with Crippen LogP contribution in [0, 0.1) is 0 Å². The van der Waals surface area contributed by atoms with Gasteiger partial charge in [-0.1, -0.05) is 6.07 Å². The summed E-state index contributed by atoms with van der Waals surface area (Å²) in [5.74, 6) is 2.74. The second-order valence-electron chi connectivity index (χ2n) is 5.10. The first-order chi connectivity index (χ1) is 12.1. The molecule has 2 aromatic carbocycles. The highest BCUT2D eigenvalue weighted by atomic mass is 32.1. The van der Waals surface area contributed by atoms with Crippen LogP contribution in [-0.2, 0) is 6.54 Å². The molecular formula is C18H22N2O4S. The number of rotatable bonds is 7. The van der Waals surface area contributed by atoms with Gasteiger partial charge in [0.25, 0.3) is 0 Å². The van der Waals surface area contributed by atoms with E-state index in [2.05, 4.69) is 10.6 Å². The molecule has 7 heteroatoms. The molecule has 0 aliphatic carbocycles. The minimum Gasteiger partial charge on any atom is -0.497 e. The van der Waals surface area contributed by atoms with Crippen LogP contribution < -0.4 is 29.6 Å². The molecule has 2 rings (SSSR count). The Morgan fingerprint density at radius 1 is 0.840 bits per heavy atom. The molecule has 6 nitrogen and oxygen atoms in total. The zero-order valence-electron chi connectivity index (χ0n) is 14.7. The second-order valence-corrected chi connectivity index (χ2v) is 5.51. The van der Waals surface area contributed by atoms with E-state index in [9.17, 15) is 0 Å². The molecule has 0 radical (unpaired) electrons. The monoisotopic (exact) mass is 362 g/mol. The fourth-order valence-corrected chi connectivity index (χ4v) is 2.42. The van der Waals surface area contributed by atoms with Crippen LogP contribution in [0.1, 0.15) is 5.56 Å². The predicted molar refractivity (Wildman–Crippen MR) is 102 cm³/mol. The fraction of sp³-hybridized carbons (Fsp3) is 0.278. The Morgan fingerprint density at radius 3 is 2.04 bits per heavy atom. The van der Waals surface area contributed by atoms with Gasteiger partial charge in [0, 0.05) is 30.4 Å². The van der Waals surface area contributed by atoms with E-state index in [1.54, 1.807) is 34.5 Å². The molecule has 0 unspecified atom stereocenters. The van der Waals surface area contributed by atoms with E-state index in [0.29, 0.717) is 34.7 Å². The summed E-state index contributed by atoms with van der Waals surface area (Å²) >= 11 is 5.34. The van der Waals surface area contributed by atoms with Gasteiger partial charge in [-0.2, -0.15) is 0 Å². The molecule has 0 saturated heterocycles. The summed E-state index contributed by atoms with van der Waals surface area (Å²) in [5.41, 5.74) is 1.80. The Labute approximate surface area is 153 Å². The fourth-order valence-electron chi connectivity index (χ4n) is 2.23. The van der Waals surface area contributed by atoms with Crippen LogP contribution in [0.5, 0.6) is 23.0 Å². The molecule has 2 aromatic rings. The molecule has 25 heavy (non-hydrogen) atoms. The summed E-state index contributed by atoms with van der Waals surface area (Å²) in [6, 6.07) is 11.2. The molecule has 134 valence electrons. The maximum atomic E-state index is 5.34. The number of benzene rings is 2. The van der Waals surface area contributed by atoms with Crippen molar-refractivity contribution < 1.29 is 18.9 Å². The molecule has 0 fully saturated rings. The highest BCUT2D eigenvalue weighted by Crippen LogP contribution is 2.28. The zero-order valence-corrected chi connectivity index (χ0v) is 15.5. The topological polar surface area (TPSA) is 61.0 Å². The zero-order chi connectivity index (χ0) is 18.2. The molecule has 2 N–H and O–H groups in total. The molecule has 0 heterocycles. The maximum Gasteiger partial charge on any atom is 0.171 e. The van der Waals surface area contributed by atoms with Crippen LogP contribution in [0.3, 0.4) is 0 Å². The van der Waals surface area contributed by atoms with Gasteiger partial charge in [-0.25, -0.2) is 0 Å².